The van der Waals surface area contributed by atoms with Crippen LogP contribution >= 0.6 is 11.8 Å². The summed E-state index contributed by atoms with van der Waals surface area (Å²) in [5.41, 5.74) is 0. The third-order valence-corrected chi connectivity index (χ3v) is 4.08. The highest BCUT2D eigenvalue weighted by molar-refractivity contribution is 8.00. The van der Waals surface area contributed by atoms with Gasteiger partial charge in [0.25, 0.3) is 0 Å². The molecule has 0 aromatic heterocycles. The van der Waals surface area contributed by atoms with Crippen LogP contribution in [0.2, 0.25) is 0 Å². The Kier molecular flexibility index (Phi) is 3.61. The van der Waals surface area contributed by atoms with Crippen molar-refractivity contribution in [2.24, 2.45) is 5.92 Å². The fraction of sp³-hybridized carbons (Fsp3) is 0.500. The van der Waals surface area contributed by atoms with Crippen LogP contribution in [0.3, 0.4) is 0 Å². The number of rotatable bonds is 4. The van der Waals surface area contributed by atoms with Gasteiger partial charge < -0.3 is 14.6 Å². The van der Waals surface area contributed by atoms with Crippen molar-refractivity contribution in [2.75, 3.05) is 13.4 Å². The maximum atomic E-state index is 9.27. The normalized spacial score (nSPS) is 15.5. The molecule has 0 amide bonds. The van der Waals surface area contributed by atoms with Crippen LogP contribution in [0.5, 0.6) is 11.5 Å². The molecule has 1 aliphatic heterocycles. The minimum atomic E-state index is 0.191. The maximum Gasteiger partial charge on any atom is 0.231 e. The van der Waals surface area contributed by atoms with Crippen LogP contribution in [-0.2, 0) is 0 Å². The minimum absolute atomic E-state index is 0.191. The highest BCUT2D eigenvalue weighted by Gasteiger charge is 2.17. The Balaban J connectivity index is 2.10. The maximum absolute atomic E-state index is 9.27. The summed E-state index contributed by atoms with van der Waals surface area (Å²) in [5, 5.41) is 9.50. The summed E-state index contributed by atoms with van der Waals surface area (Å²) in [6.45, 7) is 4.72. The monoisotopic (exact) mass is 240 g/mol. The number of fused-ring (bicyclic) bond motifs is 1. The summed E-state index contributed by atoms with van der Waals surface area (Å²) in [5.74, 6) is 2.04. The molecule has 4 heteroatoms. The van der Waals surface area contributed by atoms with E-state index < -0.39 is 0 Å². The smallest absolute Gasteiger partial charge is 0.231 e. The standard InChI is InChI=1S/C12H16O3S/c1-8(2)12(6-13)16-9-3-4-10-11(5-9)15-7-14-10/h3-5,8,12-13H,6-7H2,1-2H3. The third-order valence-electron chi connectivity index (χ3n) is 2.56. The lowest BCUT2D eigenvalue weighted by Gasteiger charge is -2.17. The summed E-state index contributed by atoms with van der Waals surface area (Å²) in [6.07, 6.45) is 0. The zero-order valence-corrected chi connectivity index (χ0v) is 10.3. The van der Waals surface area contributed by atoms with E-state index in [4.69, 9.17) is 9.47 Å². The van der Waals surface area contributed by atoms with E-state index in [1.165, 1.54) is 0 Å². The molecule has 3 nitrogen and oxygen atoms in total. The molecular formula is C12H16O3S. The first kappa shape index (κ1) is 11.6. The molecule has 1 aromatic rings. The molecule has 0 radical (unpaired) electrons. The first-order valence-corrected chi connectivity index (χ1v) is 6.26. The second kappa shape index (κ2) is 4.97. The van der Waals surface area contributed by atoms with Crippen molar-refractivity contribution in [3.63, 3.8) is 0 Å². The fourth-order valence-electron chi connectivity index (χ4n) is 1.51. The molecule has 2 rings (SSSR count). The van der Waals surface area contributed by atoms with Crippen molar-refractivity contribution in [1.82, 2.24) is 0 Å². The summed E-state index contributed by atoms with van der Waals surface area (Å²) in [7, 11) is 0. The summed E-state index contributed by atoms with van der Waals surface area (Å²) in [6, 6.07) is 5.89. The second-order valence-electron chi connectivity index (χ2n) is 4.10. The lowest BCUT2D eigenvalue weighted by atomic mass is 10.1. The highest BCUT2D eigenvalue weighted by atomic mass is 32.2. The molecule has 0 saturated heterocycles. The van der Waals surface area contributed by atoms with Crippen molar-refractivity contribution in [1.29, 1.82) is 0 Å². The molecule has 1 N–H and O–H groups in total. The number of hydrogen-bond acceptors (Lipinski definition) is 4. The van der Waals surface area contributed by atoms with E-state index in [2.05, 4.69) is 13.8 Å². The second-order valence-corrected chi connectivity index (χ2v) is 5.41. The molecule has 0 fully saturated rings. The summed E-state index contributed by atoms with van der Waals surface area (Å²) < 4.78 is 10.6. The highest BCUT2D eigenvalue weighted by Crippen LogP contribution is 2.37. The van der Waals surface area contributed by atoms with Crippen molar-refractivity contribution < 1.29 is 14.6 Å². The van der Waals surface area contributed by atoms with E-state index >= 15 is 0 Å². The van der Waals surface area contributed by atoms with Gasteiger partial charge in [-0.15, -0.1) is 11.8 Å². The van der Waals surface area contributed by atoms with Crippen LogP contribution in [-0.4, -0.2) is 23.8 Å². The van der Waals surface area contributed by atoms with Crippen molar-refractivity contribution >= 4 is 11.8 Å². The van der Waals surface area contributed by atoms with Crippen LogP contribution < -0.4 is 9.47 Å². The van der Waals surface area contributed by atoms with Crippen molar-refractivity contribution in [3.8, 4) is 11.5 Å². The summed E-state index contributed by atoms with van der Waals surface area (Å²) in [4.78, 5) is 1.11. The number of benzene rings is 1. The van der Waals surface area contributed by atoms with Gasteiger partial charge >= 0.3 is 0 Å². The SMILES string of the molecule is CC(C)C(CO)Sc1ccc2c(c1)OCO2. The molecule has 16 heavy (non-hydrogen) atoms. The molecule has 1 aliphatic rings. The van der Waals surface area contributed by atoms with Gasteiger partial charge in [0.05, 0.1) is 6.61 Å². The van der Waals surface area contributed by atoms with Gasteiger partial charge in [-0.25, -0.2) is 0 Å². The Bertz CT molecular complexity index is 365. The zero-order valence-electron chi connectivity index (χ0n) is 9.47. The first-order chi connectivity index (χ1) is 7.70. The molecule has 88 valence electrons. The van der Waals surface area contributed by atoms with E-state index in [0.29, 0.717) is 12.7 Å². The van der Waals surface area contributed by atoms with Crippen molar-refractivity contribution in [2.45, 2.75) is 24.0 Å². The Hall–Kier alpha value is -0.870. The lowest BCUT2D eigenvalue weighted by Crippen LogP contribution is -2.15. The predicted molar refractivity (Wildman–Crippen MR) is 64.1 cm³/mol. The number of aliphatic hydroxyl groups excluding tert-OH is 1. The van der Waals surface area contributed by atoms with Crippen LogP contribution in [0.15, 0.2) is 23.1 Å². The number of ether oxygens (including phenoxy) is 2. The molecule has 1 unspecified atom stereocenters. The molecule has 1 aromatic carbocycles. The Morgan fingerprint density at radius 1 is 1.31 bits per heavy atom. The Morgan fingerprint density at radius 2 is 2.06 bits per heavy atom. The average Bonchev–Trinajstić information content (AvgIpc) is 2.72. The first-order valence-electron chi connectivity index (χ1n) is 5.38. The van der Waals surface area contributed by atoms with Gasteiger partial charge in [0.15, 0.2) is 11.5 Å². The summed E-state index contributed by atoms with van der Waals surface area (Å²) >= 11 is 1.68. The molecule has 1 heterocycles. The number of aliphatic hydroxyl groups is 1. The van der Waals surface area contributed by atoms with E-state index in [1.54, 1.807) is 11.8 Å². The van der Waals surface area contributed by atoms with Gasteiger partial charge in [0.2, 0.25) is 6.79 Å². The van der Waals surface area contributed by atoms with E-state index in [-0.39, 0.29) is 11.9 Å². The topological polar surface area (TPSA) is 38.7 Å². The van der Waals surface area contributed by atoms with Crippen LogP contribution in [0.25, 0.3) is 0 Å². The lowest BCUT2D eigenvalue weighted by molar-refractivity contribution is 0.174. The van der Waals surface area contributed by atoms with Crippen molar-refractivity contribution in [3.05, 3.63) is 18.2 Å². The zero-order chi connectivity index (χ0) is 11.5. The van der Waals surface area contributed by atoms with Crippen LogP contribution in [0.4, 0.5) is 0 Å². The van der Waals surface area contributed by atoms with E-state index in [0.717, 1.165) is 16.4 Å². The van der Waals surface area contributed by atoms with Gasteiger partial charge in [-0.2, -0.15) is 0 Å². The largest absolute Gasteiger partial charge is 0.454 e. The molecule has 0 spiro atoms. The average molecular weight is 240 g/mol. The molecule has 0 saturated carbocycles. The quantitative estimate of drug-likeness (QED) is 0.821. The molecule has 0 bridgehead atoms. The van der Waals surface area contributed by atoms with E-state index in [1.807, 2.05) is 18.2 Å². The third kappa shape index (κ3) is 2.44. The van der Waals surface area contributed by atoms with Gasteiger partial charge in [0, 0.05) is 10.1 Å². The minimum Gasteiger partial charge on any atom is -0.454 e. The molecular weight excluding hydrogens is 224 g/mol. The Labute approximate surface area is 99.8 Å². The number of thioether (sulfide) groups is 1. The van der Waals surface area contributed by atoms with Crippen LogP contribution in [0.1, 0.15) is 13.8 Å². The van der Waals surface area contributed by atoms with Crippen LogP contribution in [0, 0.1) is 5.92 Å². The molecule has 1 atom stereocenters. The predicted octanol–water partition coefficient (Wildman–Crippen LogP) is 2.52. The van der Waals surface area contributed by atoms with E-state index in [9.17, 15) is 5.11 Å². The van der Waals surface area contributed by atoms with Gasteiger partial charge in [-0.05, 0) is 24.1 Å². The van der Waals surface area contributed by atoms with Gasteiger partial charge in [0.1, 0.15) is 0 Å². The fourth-order valence-corrected chi connectivity index (χ4v) is 2.53. The van der Waals surface area contributed by atoms with Gasteiger partial charge in [-0.1, -0.05) is 13.8 Å². The number of hydrogen-bond donors (Lipinski definition) is 1. The Morgan fingerprint density at radius 3 is 2.75 bits per heavy atom. The van der Waals surface area contributed by atoms with Gasteiger partial charge in [-0.3, -0.25) is 0 Å². The molecule has 0 aliphatic carbocycles.